The van der Waals surface area contributed by atoms with Crippen molar-refractivity contribution >= 4 is 42.8 Å². The van der Waals surface area contributed by atoms with Gasteiger partial charge in [0.05, 0.1) is 25.3 Å². The van der Waals surface area contributed by atoms with Crippen LogP contribution in [0.15, 0.2) is 35.5 Å². The summed E-state index contributed by atoms with van der Waals surface area (Å²) in [5.74, 6) is -5.58. The van der Waals surface area contributed by atoms with Crippen LogP contribution in [-0.4, -0.2) is 65.5 Å². The third-order valence-electron chi connectivity index (χ3n) is 5.43. The summed E-state index contributed by atoms with van der Waals surface area (Å²) in [7, 11) is -4.76. The van der Waals surface area contributed by atoms with Crippen LogP contribution in [-0.2, 0) is 23.4 Å². The van der Waals surface area contributed by atoms with E-state index < -0.39 is 67.8 Å². The van der Waals surface area contributed by atoms with Gasteiger partial charge < -0.3 is 14.2 Å². The lowest BCUT2D eigenvalue weighted by Crippen LogP contribution is -2.37. The maximum absolute atomic E-state index is 15.0. The van der Waals surface area contributed by atoms with Gasteiger partial charge in [0.2, 0.25) is 0 Å². The molecule has 3 aliphatic rings. The van der Waals surface area contributed by atoms with E-state index in [2.05, 4.69) is 9.52 Å². The Labute approximate surface area is 202 Å². The van der Waals surface area contributed by atoms with Gasteiger partial charge >= 0.3 is 19.8 Å². The van der Waals surface area contributed by atoms with Gasteiger partial charge in [-0.25, -0.2) is 27.2 Å². The molecule has 15 heteroatoms. The van der Waals surface area contributed by atoms with E-state index in [0.717, 1.165) is 28.8 Å². The van der Waals surface area contributed by atoms with E-state index in [1.165, 1.54) is 6.08 Å². The molecule has 1 aromatic rings. The number of hydrogen-bond donors (Lipinski definition) is 1. The molecule has 0 saturated carbocycles. The molecule has 0 aliphatic carbocycles. The number of amidine groups is 1. The van der Waals surface area contributed by atoms with Crippen LogP contribution >= 0.6 is 7.75 Å². The molecule has 1 N–H and O–H groups in total. The predicted octanol–water partition coefficient (Wildman–Crippen LogP) is 2.66. The van der Waals surface area contributed by atoms with E-state index in [1.807, 2.05) is 0 Å². The Morgan fingerprint density at radius 1 is 1.31 bits per heavy atom. The zero-order valence-electron chi connectivity index (χ0n) is 18.8. The Bertz CT molecular complexity index is 1270. The van der Waals surface area contributed by atoms with Gasteiger partial charge in [-0.1, -0.05) is 6.08 Å². The first-order valence-electron chi connectivity index (χ1n) is 10.6. The van der Waals surface area contributed by atoms with Crippen molar-refractivity contribution in [1.29, 1.82) is 0 Å². The van der Waals surface area contributed by atoms with Crippen LogP contribution in [0.3, 0.4) is 0 Å². The fourth-order valence-corrected chi connectivity index (χ4v) is 5.07. The first-order valence-corrected chi connectivity index (χ1v) is 12.2. The van der Waals surface area contributed by atoms with Gasteiger partial charge in [-0.15, -0.1) is 0 Å². The highest BCUT2D eigenvalue weighted by Crippen LogP contribution is 2.48. The minimum atomic E-state index is -4.76. The number of ether oxygens (including phenoxy) is 1. The van der Waals surface area contributed by atoms with Gasteiger partial charge in [-0.3, -0.25) is 24.4 Å². The normalized spacial score (nSPS) is 20.9. The van der Waals surface area contributed by atoms with Crippen molar-refractivity contribution in [1.82, 2.24) is 4.67 Å². The molecular formula is C21H20F3N4O7P. The zero-order valence-corrected chi connectivity index (χ0v) is 19.7. The Hall–Kier alpha value is -3.64. The third kappa shape index (κ3) is 5.00. The highest BCUT2D eigenvalue weighted by atomic mass is 31.2. The van der Waals surface area contributed by atoms with E-state index in [9.17, 15) is 37.0 Å². The van der Waals surface area contributed by atoms with Gasteiger partial charge in [0.1, 0.15) is 17.6 Å². The fraction of sp³-hybridized carbons (Fsp3) is 0.333. The minimum absolute atomic E-state index is 0.0160. The quantitative estimate of drug-likeness (QED) is 0.438. The van der Waals surface area contributed by atoms with Crippen LogP contribution in [0.25, 0.3) is 0 Å². The molecular weight excluding hydrogens is 508 g/mol. The molecule has 192 valence electrons. The second-order valence-electron chi connectivity index (χ2n) is 7.95. The number of aliphatic imine (C=N–C) groups is 1. The Morgan fingerprint density at radius 2 is 2.06 bits per heavy atom. The van der Waals surface area contributed by atoms with Crippen LogP contribution in [0.4, 0.5) is 29.3 Å². The molecule has 1 fully saturated rings. The number of amides is 1. The fourth-order valence-electron chi connectivity index (χ4n) is 3.85. The molecule has 1 aromatic carbocycles. The summed E-state index contributed by atoms with van der Waals surface area (Å²) in [6, 6.07) is 0.624. The summed E-state index contributed by atoms with van der Waals surface area (Å²) in [6.07, 6.45) is 2.85. The topological polar surface area (TPSA) is 129 Å². The third-order valence-corrected chi connectivity index (χ3v) is 6.90. The maximum atomic E-state index is 15.0. The van der Waals surface area contributed by atoms with Crippen LogP contribution in [0, 0.1) is 17.5 Å². The molecule has 3 aliphatic heterocycles. The number of halogens is 3. The molecule has 4 rings (SSSR count). The van der Waals surface area contributed by atoms with Crippen LogP contribution < -0.4 is 9.80 Å². The van der Waals surface area contributed by atoms with Crippen molar-refractivity contribution in [2.45, 2.75) is 19.4 Å². The summed E-state index contributed by atoms with van der Waals surface area (Å²) in [5, 5.41) is 0. The summed E-state index contributed by atoms with van der Waals surface area (Å²) in [6.45, 7) is 0.119. The molecule has 3 heterocycles. The minimum Gasteiger partial charge on any atom is -0.442 e. The Balaban J connectivity index is 1.58. The predicted molar refractivity (Wildman–Crippen MR) is 120 cm³/mol. The number of rotatable bonds is 6. The number of carbonyl (C=O) groups excluding carboxylic acids is 3. The standard InChI is InChI=1S/C21H20F3N4O7P/c1-12(29)35-36(32,33)28(17-3-2-6-25-17)11-14-10-27(21(31)34-14)16-9-15(22)20(19(24)18(16)23)26-7-4-13(30)5-8-26/h2-4,7,9,14H,5-6,8,10-11H2,1H3,(H,32,33)/t14-/m1/s1. The number of allylic oxidation sites excluding steroid dienone is 1. The molecule has 1 unspecified atom stereocenters. The monoisotopic (exact) mass is 528 g/mol. The summed E-state index contributed by atoms with van der Waals surface area (Å²) in [5.41, 5.74) is -1.46. The van der Waals surface area contributed by atoms with Crippen molar-refractivity contribution in [3.8, 4) is 0 Å². The SMILES string of the molecule is CC(=O)OP(=O)(O)N(C[C@H]1CN(c2cc(F)c(N3C=CC(=O)CC3)c(F)c2F)C(=O)O1)C1=NCC=C1. The van der Waals surface area contributed by atoms with Crippen LogP contribution in [0.2, 0.25) is 0 Å². The number of benzene rings is 1. The lowest BCUT2D eigenvalue weighted by atomic mass is 10.1. The zero-order chi connectivity index (χ0) is 26.2. The highest BCUT2D eigenvalue weighted by Gasteiger charge is 2.42. The molecule has 0 radical (unpaired) electrons. The molecule has 1 saturated heterocycles. The molecule has 0 bridgehead atoms. The highest BCUT2D eigenvalue weighted by molar-refractivity contribution is 7.51. The first-order chi connectivity index (χ1) is 17.0. The summed E-state index contributed by atoms with van der Waals surface area (Å²) in [4.78, 5) is 51.1. The second-order valence-corrected chi connectivity index (χ2v) is 9.60. The van der Waals surface area contributed by atoms with E-state index in [0.29, 0.717) is 11.0 Å². The number of nitrogens with zero attached hydrogens (tertiary/aromatic N) is 4. The molecule has 0 aromatic heterocycles. The Morgan fingerprint density at radius 3 is 2.67 bits per heavy atom. The second kappa shape index (κ2) is 9.78. The van der Waals surface area contributed by atoms with E-state index in [4.69, 9.17) is 4.74 Å². The number of carbonyl (C=O) groups is 3. The van der Waals surface area contributed by atoms with Crippen LogP contribution in [0.5, 0.6) is 0 Å². The molecule has 1 amide bonds. The smallest absolute Gasteiger partial charge is 0.442 e. The van der Waals surface area contributed by atoms with Gasteiger partial charge in [-0.2, -0.15) is 0 Å². The summed E-state index contributed by atoms with van der Waals surface area (Å²) < 4.78 is 67.8. The largest absolute Gasteiger partial charge is 0.489 e. The van der Waals surface area contributed by atoms with Crippen molar-refractivity contribution in [3.05, 3.63) is 47.9 Å². The van der Waals surface area contributed by atoms with Crippen molar-refractivity contribution in [2.24, 2.45) is 4.99 Å². The van der Waals surface area contributed by atoms with Crippen molar-refractivity contribution in [3.63, 3.8) is 0 Å². The number of hydrogen-bond acceptors (Lipinski definition) is 8. The lowest BCUT2D eigenvalue weighted by Gasteiger charge is -2.28. The van der Waals surface area contributed by atoms with Gasteiger partial charge in [0, 0.05) is 32.2 Å². The first kappa shape index (κ1) is 25.5. The van der Waals surface area contributed by atoms with Crippen LogP contribution in [0.1, 0.15) is 13.3 Å². The van der Waals surface area contributed by atoms with Crippen molar-refractivity contribution in [2.75, 3.05) is 36.0 Å². The molecule has 36 heavy (non-hydrogen) atoms. The van der Waals surface area contributed by atoms with Gasteiger partial charge in [0.25, 0.3) is 0 Å². The number of cyclic esters (lactones) is 1. The average Bonchev–Trinajstić information content (AvgIpc) is 3.45. The number of anilines is 2. The number of ketones is 1. The molecule has 2 atom stereocenters. The molecule has 0 spiro atoms. The maximum Gasteiger partial charge on any atom is 0.489 e. The van der Waals surface area contributed by atoms with E-state index in [-0.39, 0.29) is 31.1 Å². The van der Waals surface area contributed by atoms with E-state index >= 15 is 0 Å². The van der Waals surface area contributed by atoms with E-state index in [1.54, 1.807) is 6.08 Å². The van der Waals surface area contributed by atoms with Gasteiger partial charge in [0.15, 0.2) is 23.2 Å². The molecule has 11 nitrogen and oxygen atoms in total. The average molecular weight is 528 g/mol. The van der Waals surface area contributed by atoms with Gasteiger partial charge in [-0.05, 0) is 12.2 Å². The van der Waals surface area contributed by atoms with Crippen molar-refractivity contribution < 1.29 is 46.3 Å². The summed E-state index contributed by atoms with van der Waals surface area (Å²) >= 11 is 0. The lowest BCUT2D eigenvalue weighted by molar-refractivity contribution is -0.132. The Kier molecular flexibility index (Phi) is 6.92.